The van der Waals surface area contributed by atoms with Gasteiger partial charge in [0.05, 0.1) is 10.7 Å². The second-order valence-electron chi connectivity index (χ2n) is 3.06. The molecule has 2 aliphatic rings. The number of carbonyl (C=O) groups is 1. The van der Waals surface area contributed by atoms with Gasteiger partial charge in [0.15, 0.2) is 0 Å². The summed E-state index contributed by atoms with van der Waals surface area (Å²) in [5.74, 6) is 1.07. The fourth-order valence-corrected chi connectivity index (χ4v) is 4.07. The zero-order valence-electron chi connectivity index (χ0n) is 7.03. The molecule has 4 nitrogen and oxygen atoms in total. The first kappa shape index (κ1) is 9.64. The molecule has 0 amide bonds. The number of nitrogens with one attached hydrogen (secondary N) is 2. The fourth-order valence-electron chi connectivity index (χ4n) is 1.45. The number of thioether (sulfide) groups is 2. The molecule has 2 heterocycles. The Hall–Kier alpha value is 0.0900. The smallest absolute Gasteiger partial charge is 0.321 e. The Morgan fingerprint density at radius 2 is 2.23 bits per heavy atom. The Bertz CT molecular complexity index is 209. The molecule has 0 aromatic heterocycles. The van der Waals surface area contributed by atoms with Crippen LogP contribution in [-0.2, 0) is 4.79 Å². The lowest BCUT2D eigenvalue weighted by atomic mass is 10.3. The van der Waals surface area contributed by atoms with Gasteiger partial charge in [0, 0.05) is 18.1 Å². The summed E-state index contributed by atoms with van der Waals surface area (Å²) >= 11 is 3.57. The molecule has 0 radical (unpaired) electrons. The van der Waals surface area contributed by atoms with E-state index >= 15 is 0 Å². The quantitative estimate of drug-likeness (QED) is 0.597. The maximum absolute atomic E-state index is 10.7. The van der Waals surface area contributed by atoms with E-state index in [-0.39, 0.29) is 11.4 Å². The van der Waals surface area contributed by atoms with Crippen molar-refractivity contribution in [2.45, 2.75) is 16.8 Å². The molecule has 2 aliphatic heterocycles. The molecule has 2 rings (SSSR count). The van der Waals surface area contributed by atoms with Crippen molar-refractivity contribution in [2.75, 3.05) is 18.1 Å². The number of hydrogen-bond donors (Lipinski definition) is 3. The Morgan fingerprint density at radius 1 is 1.38 bits per heavy atom. The zero-order chi connectivity index (χ0) is 9.26. The van der Waals surface area contributed by atoms with Crippen molar-refractivity contribution < 1.29 is 9.90 Å². The summed E-state index contributed by atoms with van der Waals surface area (Å²) in [4.78, 5) is 10.7. The Morgan fingerprint density at radius 3 is 2.77 bits per heavy atom. The van der Waals surface area contributed by atoms with Gasteiger partial charge in [-0.3, -0.25) is 10.1 Å². The van der Waals surface area contributed by atoms with Crippen LogP contribution in [0.1, 0.15) is 0 Å². The lowest BCUT2D eigenvalue weighted by Crippen LogP contribution is -2.43. The number of rotatable bonds is 2. The van der Waals surface area contributed by atoms with E-state index in [0.717, 1.165) is 12.3 Å². The van der Waals surface area contributed by atoms with Crippen molar-refractivity contribution in [3.8, 4) is 0 Å². The topological polar surface area (TPSA) is 61.4 Å². The van der Waals surface area contributed by atoms with Crippen LogP contribution in [0.5, 0.6) is 0 Å². The van der Waals surface area contributed by atoms with Gasteiger partial charge in [-0.25, -0.2) is 0 Å². The van der Waals surface area contributed by atoms with Gasteiger partial charge in [0.1, 0.15) is 6.04 Å². The van der Waals surface area contributed by atoms with E-state index in [4.69, 9.17) is 5.11 Å². The molecule has 0 aromatic rings. The van der Waals surface area contributed by atoms with Crippen molar-refractivity contribution in [1.82, 2.24) is 10.6 Å². The van der Waals surface area contributed by atoms with Gasteiger partial charge in [-0.2, -0.15) is 0 Å². The molecule has 0 aliphatic carbocycles. The van der Waals surface area contributed by atoms with Gasteiger partial charge in [-0.05, 0) is 0 Å². The summed E-state index contributed by atoms with van der Waals surface area (Å²) in [7, 11) is 0. The highest BCUT2D eigenvalue weighted by Gasteiger charge is 2.35. The highest BCUT2D eigenvalue weighted by Crippen LogP contribution is 2.29. The second kappa shape index (κ2) is 4.08. The van der Waals surface area contributed by atoms with Crippen LogP contribution >= 0.6 is 23.5 Å². The van der Waals surface area contributed by atoms with Crippen LogP contribution in [0, 0.1) is 0 Å². The molecule has 74 valence electrons. The number of hydrogen-bond acceptors (Lipinski definition) is 5. The van der Waals surface area contributed by atoms with Gasteiger partial charge in [0.25, 0.3) is 0 Å². The summed E-state index contributed by atoms with van der Waals surface area (Å²) in [6, 6.07) is -0.363. The van der Waals surface area contributed by atoms with E-state index in [1.165, 1.54) is 0 Å². The van der Waals surface area contributed by atoms with Crippen LogP contribution in [0.3, 0.4) is 0 Å². The third-order valence-electron chi connectivity index (χ3n) is 2.13. The van der Waals surface area contributed by atoms with Crippen molar-refractivity contribution in [3.05, 3.63) is 0 Å². The molecule has 3 N–H and O–H groups in total. The third kappa shape index (κ3) is 2.12. The van der Waals surface area contributed by atoms with Gasteiger partial charge < -0.3 is 10.4 Å². The summed E-state index contributed by atoms with van der Waals surface area (Å²) in [6.45, 7) is 1.03. The molecule has 0 spiro atoms. The lowest BCUT2D eigenvalue weighted by molar-refractivity contribution is -0.138. The van der Waals surface area contributed by atoms with Gasteiger partial charge in [-0.15, -0.1) is 23.5 Å². The highest BCUT2D eigenvalue weighted by atomic mass is 32.2. The first-order chi connectivity index (χ1) is 6.27. The van der Waals surface area contributed by atoms with Crippen molar-refractivity contribution in [1.29, 1.82) is 0 Å². The first-order valence-corrected chi connectivity index (χ1v) is 6.32. The minimum absolute atomic E-state index is 0.258. The average molecular weight is 220 g/mol. The number of carboxylic acid groups (broad SMARTS) is 1. The maximum atomic E-state index is 10.7. The van der Waals surface area contributed by atoms with Gasteiger partial charge in [-0.1, -0.05) is 0 Å². The maximum Gasteiger partial charge on any atom is 0.321 e. The minimum atomic E-state index is -0.738. The van der Waals surface area contributed by atoms with Crippen LogP contribution in [0.4, 0.5) is 0 Å². The minimum Gasteiger partial charge on any atom is -0.480 e. The van der Waals surface area contributed by atoms with E-state index in [9.17, 15) is 4.79 Å². The molecule has 6 heteroatoms. The fraction of sp³-hybridized carbons (Fsp3) is 0.857. The lowest BCUT2D eigenvalue weighted by Gasteiger charge is -2.17. The summed E-state index contributed by atoms with van der Waals surface area (Å²) in [5, 5.41) is 15.9. The SMILES string of the molecule is O=C(O)C1CSC(C2NCCS2)N1. The van der Waals surface area contributed by atoms with E-state index in [0.29, 0.717) is 11.1 Å². The predicted octanol–water partition coefficient (Wildman–Crippen LogP) is -0.235. The first-order valence-electron chi connectivity index (χ1n) is 4.23. The molecule has 0 aromatic carbocycles. The van der Waals surface area contributed by atoms with Crippen LogP contribution in [0.25, 0.3) is 0 Å². The molecule has 3 atom stereocenters. The van der Waals surface area contributed by atoms with Crippen LogP contribution in [0.15, 0.2) is 0 Å². The Kier molecular flexibility index (Phi) is 3.02. The monoisotopic (exact) mass is 220 g/mol. The standard InChI is InChI=1S/C7H12N2O2S2/c10-7(11)4-3-13-6(9-4)5-8-1-2-12-5/h4-6,8-9H,1-3H2,(H,10,11). The normalized spacial score (nSPS) is 39.5. The molecular formula is C7H12N2O2S2. The molecule has 0 saturated carbocycles. The average Bonchev–Trinajstić information content (AvgIpc) is 2.75. The predicted molar refractivity (Wildman–Crippen MR) is 55.1 cm³/mol. The highest BCUT2D eigenvalue weighted by molar-refractivity contribution is 8.04. The number of aliphatic carboxylic acids is 1. The van der Waals surface area contributed by atoms with E-state index in [1.54, 1.807) is 11.8 Å². The van der Waals surface area contributed by atoms with Gasteiger partial charge >= 0.3 is 5.97 Å². The molecule has 2 saturated heterocycles. The number of carboxylic acids is 1. The van der Waals surface area contributed by atoms with Gasteiger partial charge in [0.2, 0.25) is 0 Å². The van der Waals surface area contributed by atoms with E-state index in [2.05, 4.69) is 10.6 Å². The van der Waals surface area contributed by atoms with Crippen molar-refractivity contribution in [3.63, 3.8) is 0 Å². The zero-order valence-corrected chi connectivity index (χ0v) is 8.66. The molecule has 0 bridgehead atoms. The molecule has 13 heavy (non-hydrogen) atoms. The van der Waals surface area contributed by atoms with Crippen LogP contribution < -0.4 is 10.6 Å². The van der Waals surface area contributed by atoms with Crippen molar-refractivity contribution >= 4 is 29.5 Å². The Labute approximate surface area is 85.2 Å². The molecule has 2 fully saturated rings. The second-order valence-corrected chi connectivity index (χ2v) is 5.48. The molecular weight excluding hydrogens is 208 g/mol. The summed E-state index contributed by atoms with van der Waals surface area (Å²) < 4.78 is 0. The molecule has 3 unspecified atom stereocenters. The third-order valence-corrected chi connectivity index (χ3v) is 4.83. The van der Waals surface area contributed by atoms with Crippen LogP contribution in [-0.4, -0.2) is 45.9 Å². The van der Waals surface area contributed by atoms with E-state index in [1.807, 2.05) is 11.8 Å². The van der Waals surface area contributed by atoms with Crippen LogP contribution in [0.2, 0.25) is 0 Å². The summed E-state index contributed by atoms with van der Waals surface area (Å²) in [6.07, 6.45) is 0. The largest absolute Gasteiger partial charge is 0.480 e. The Balaban J connectivity index is 1.86. The van der Waals surface area contributed by atoms with E-state index < -0.39 is 5.97 Å². The van der Waals surface area contributed by atoms with Crippen molar-refractivity contribution in [2.24, 2.45) is 0 Å². The summed E-state index contributed by atoms with van der Waals surface area (Å²) in [5.41, 5.74) is 0.